The Hall–Kier alpha value is -2.64. The molecule has 146 valence electrons. The Balaban J connectivity index is 1.30. The van der Waals surface area contributed by atoms with Crippen molar-refractivity contribution in [2.24, 2.45) is 11.8 Å². The second-order valence-electron chi connectivity index (χ2n) is 7.40. The summed E-state index contributed by atoms with van der Waals surface area (Å²) in [7, 11) is 1.66. The van der Waals surface area contributed by atoms with Crippen LogP contribution in [0.5, 0.6) is 28.7 Å². The van der Waals surface area contributed by atoms with Crippen molar-refractivity contribution in [1.82, 2.24) is 0 Å². The minimum absolute atomic E-state index is 0.0236. The third-order valence-corrected chi connectivity index (χ3v) is 6.02. The Morgan fingerprint density at radius 2 is 1.39 bits per heavy atom. The van der Waals surface area contributed by atoms with E-state index in [2.05, 4.69) is 6.07 Å². The molecule has 0 saturated carbocycles. The van der Waals surface area contributed by atoms with Gasteiger partial charge in [0.25, 0.3) is 0 Å². The van der Waals surface area contributed by atoms with Gasteiger partial charge in [-0.25, -0.2) is 0 Å². The van der Waals surface area contributed by atoms with E-state index in [0.717, 1.165) is 34.1 Å². The minimum Gasteiger partial charge on any atom is -0.496 e. The zero-order chi connectivity index (χ0) is 18.7. The fourth-order valence-electron chi connectivity index (χ4n) is 4.64. The van der Waals surface area contributed by atoms with E-state index >= 15 is 0 Å². The highest BCUT2D eigenvalue weighted by molar-refractivity contribution is 5.53. The number of ether oxygens (including phenoxy) is 7. The minimum atomic E-state index is -0.103. The van der Waals surface area contributed by atoms with Gasteiger partial charge in [-0.05, 0) is 23.8 Å². The second kappa shape index (κ2) is 6.18. The Kier molecular flexibility index (Phi) is 3.61. The zero-order valence-corrected chi connectivity index (χ0v) is 15.4. The van der Waals surface area contributed by atoms with E-state index in [4.69, 9.17) is 33.2 Å². The maximum atomic E-state index is 6.24. The normalized spacial score (nSPS) is 29.2. The molecule has 0 aromatic heterocycles. The molecule has 0 aliphatic carbocycles. The fraction of sp³-hybridized carbons (Fsp3) is 0.429. The molecule has 0 N–H and O–H groups in total. The highest BCUT2D eigenvalue weighted by Crippen LogP contribution is 2.53. The Labute approximate surface area is 162 Å². The highest BCUT2D eigenvalue weighted by Gasteiger charge is 2.49. The van der Waals surface area contributed by atoms with Gasteiger partial charge in [0.05, 0.1) is 32.5 Å². The van der Waals surface area contributed by atoms with Crippen LogP contribution in [0.4, 0.5) is 0 Å². The molecule has 0 unspecified atom stereocenters. The molecule has 6 rings (SSSR count). The van der Waals surface area contributed by atoms with Crippen LogP contribution in [-0.4, -0.2) is 33.9 Å². The van der Waals surface area contributed by atoms with Gasteiger partial charge in [0.2, 0.25) is 13.6 Å². The van der Waals surface area contributed by atoms with Crippen LogP contribution < -0.4 is 23.7 Å². The molecule has 4 atom stereocenters. The maximum Gasteiger partial charge on any atom is 0.231 e. The van der Waals surface area contributed by atoms with E-state index in [-0.39, 0.29) is 37.6 Å². The first-order valence-corrected chi connectivity index (χ1v) is 9.42. The van der Waals surface area contributed by atoms with Crippen LogP contribution >= 0.6 is 0 Å². The number of benzene rings is 2. The third-order valence-electron chi connectivity index (χ3n) is 6.02. The van der Waals surface area contributed by atoms with Crippen LogP contribution in [0.25, 0.3) is 0 Å². The van der Waals surface area contributed by atoms with Gasteiger partial charge >= 0.3 is 0 Å². The van der Waals surface area contributed by atoms with E-state index < -0.39 is 0 Å². The molecule has 2 saturated heterocycles. The van der Waals surface area contributed by atoms with Gasteiger partial charge in [-0.3, -0.25) is 0 Å². The van der Waals surface area contributed by atoms with Crippen LogP contribution in [0.2, 0.25) is 0 Å². The van der Waals surface area contributed by atoms with Gasteiger partial charge in [0.15, 0.2) is 23.0 Å². The van der Waals surface area contributed by atoms with Crippen molar-refractivity contribution in [3.63, 3.8) is 0 Å². The largest absolute Gasteiger partial charge is 0.496 e. The molecule has 7 heteroatoms. The molecule has 7 nitrogen and oxygen atoms in total. The third kappa shape index (κ3) is 2.36. The molecule has 0 radical (unpaired) electrons. The molecular formula is C21H20O7. The lowest BCUT2D eigenvalue weighted by atomic mass is 9.84. The van der Waals surface area contributed by atoms with Crippen molar-refractivity contribution < 1.29 is 33.2 Å². The van der Waals surface area contributed by atoms with E-state index in [0.29, 0.717) is 19.0 Å². The van der Waals surface area contributed by atoms with Crippen LogP contribution in [0.15, 0.2) is 30.3 Å². The molecule has 2 fully saturated rings. The number of fused-ring (bicyclic) bond motifs is 3. The number of methoxy groups -OCH3 is 1. The van der Waals surface area contributed by atoms with Crippen LogP contribution in [0.3, 0.4) is 0 Å². The highest BCUT2D eigenvalue weighted by atomic mass is 16.7. The SMILES string of the molecule is COc1cc2c(cc1[C@@H]1OC[C@H]3[C@@H]1CO[C@@H]3c1ccc3c(c1)OCO3)OCO2. The van der Waals surface area contributed by atoms with Gasteiger partial charge in [0.1, 0.15) is 5.75 Å². The van der Waals surface area contributed by atoms with E-state index in [1.165, 1.54) is 0 Å². The number of rotatable bonds is 3. The Morgan fingerprint density at radius 1 is 0.750 bits per heavy atom. The van der Waals surface area contributed by atoms with Gasteiger partial charge in [-0.15, -0.1) is 0 Å². The average Bonchev–Trinajstić information content (AvgIpc) is 3.49. The van der Waals surface area contributed by atoms with E-state index in [1.54, 1.807) is 7.11 Å². The van der Waals surface area contributed by atoms with Gasteiger partial charge in [-0.1, -0.05) is 6.07 Å². The number of hydrogen-bond acceptors (Lipinski definition) is 7. The maximum absolute atomic E-state index is 6.24. The van der Waals surface area contributed by atoms with Crippen molar-refractivity contribution >= 4 is 0 Å². The molecule has 28 heavy (non-hydrogen) atoms. The predicted octanol–water partition coefficient (Wildman–Crippen LogP) is 3.23. The second-order valence-corrected chi connectivity index (χ2v) is 7.40. The van der Waals surface area contributed by atoms with Crippen molar-refractivity contribution in [3.05, 3.63) is 41.5 Å². The smallest absolute Gasteiger partial charge is 0.231 e. The topological polar surface area (TPSA) is 64.6 Å². The lowest BCUT2D eigenvalue weighted by molar-refractivity contribution is 0.0184. The monoisotopic (exact) mass is 384 g/mol. The first-order chi connectivity index (χ1) is 13.8. The molecule has 4 heterocycles. The van der Waals surface area contributed by atoms with Crippen LogP contribution in [0.1, 0.15) is 23.3 Å². The first kappa shape index (κ1) is 16.3. The molecular weight excluding hydrogens is 364 g/mol. The summed E-state index contributed by atoms with van der Waals surface area (Å²) in [5.41, 5.74) is 2.08. The molecule has 0 bridgehead atoms. The fourth-order valence-corrected chi connectivity index (χ4v) is 4.64. The molecule has 0 spiro atoms. The quantitative estimate of drug-likeness (QED) is 0.805. The van der Waals surface area contributed by atoms with Gasteiger partial charge < -0.3 is 33.2 Å². The van der Waals surface area contributed by atoms with Crippen LogP contribution in [-0.2, 0) is 9.47 Å². The standard InChI is InChI=1S/C21H20O7/c1-22-16-6-19-18(27-10-28-19)5-12(16)21-14-8-23-20(13(14)7-24-21)11-2-3-15-17(4-11)26-9-25-15/h2-6,13-14,20-21H,7-10H2,1H3/t13-,14-,20+,21-/m0/s1. The van der Waals surface area contributed by atoms with Gasteiger partial charge in [-0.2, -0.15) is 0 Å². The molecule has 2 aromatic rings. The van der Waals surface area contributed by atoms with E-state index in [1.807, 2.05) is 24.3 Å². The lowest BCUT2D eigenvalue weighted by Gasteiger charge is -2.19. The average molecular weight is 384 g/mol. The molecule has 4 aliphatic heterocycles. The zero-order valence-electron chi connectivity index (χ0n) is 15.4. The summed E-state index contributed by atoms with van der Waals surface area (Å²) in [6.07, 6.45) is -0.127. The summed E-state index contributed by atoms with van der Waals surface area (Å²) in [6, 6.07) is 9.86. The van der Waals surface area contributed by atoms with Crippen molar-refractivity contribution in [1.29, 1.82) is 0 Å². The van der Waals surface area contributed by atoms with Crippen molar-refractivity contribution in [2.75, 3.05) is 33.9 Å². The summed E-state index contributed by atoms with van der Waals surface area (Å²) < 4.78 is 40.0. The summed E-state index contributed by atoms with van der Waals surface area (Å²) in [5, 5.41) is 0. The summed E-state index contributed by atoms with van der Waals surface area (Å²) >= 11 is 0. The Morgan fingerprint density at radius 3 is 2.18 bits per heavy atom. The first-order valence-electron chi connectivity index (χ1n) is 9.42. The Bertz CT molecular complexity index is 927. The van der Waals surface area contributed by atoms with Crippen molar-refractivity contribution in [3.8, 4) is 28.7 Å². The van der Waals surface area contributed by atoms with Crippen molar-refractivity contribution in [2.45, 2.75) is 12.2 Å². The number of hydrogen-bond donors (Lipinski definition) is 0. The predicted molar refractivity (Wildman–Crippen MR) is 96.0 cm³/mol. The summed E-state index contributed by atoms with van der Waals surface area (Å²) in [5.74, 6) is 4.25. The van der Waals surface area contributed by atoms with E-state index in [9.17, 15) is 0 Å². The summed E-state index contributed by atoms with van der Waals surface area (Å²) in [6.45, 7) is 1.76. The lowest BCUT2D eigenvalue weighted by Crippen LogP contribution is -2.15. The summed E-state index contributed by atoms with van der Waals surface area (Å²) in [4.78, 5) is 0. The molecule has 0 amide bonds. The molecule has 4 aliphatic rings. The van der Waals surface area contributed by atoms with Crippen LogP contribution in [0, 0.1) is 11.8 Å². The molecule has 2 aromatic carbocycles. The van der Waals surface area contributed by atoms with Gasteiger partial charge in [0, 0.05) is 23.5 Å².